The number of phosphoric ester groups is 1. The van der Waals surface area contributed by atoms with Gasteiger partial charge in [0.2, 0.25) is 0 Å². The maximum absolute atomic E-state index is 12.8. The third-order valence-corrected chi connectivity index (χ3v) is 13.9. The average Bonchev–Trinajstić information content (AvgIpc) is 3.61. The minimum Gasteiger partial charge on any atom is -0.756 e. The van der Waals surface area contributed by atoms with E-state index in [4.69, 9.17) is 18.5 Å². The molecule has 0 aliphatic heterocycles. The van der Waals surface area contributed by atoms with Gasteiger partial charge < -0.3 is 27.9 Å². The van der Waals surface area contributed by atoms with E-state index in [9.17, 15) is 19.0 Å². The quantitative estimate of drug-likeness (QED) is 0.0195. The monoisotopic (exact) mass is 1180 g/mol. The van der Waals surface area contributed by atoms with Crippen LogP contribution in [0.1, 0.15) is 219 Å². The first-order chi connectivity index (χ1) is 41.0. The molecule has 0 fully saturated rings. The van der Waals surface area contributed by atoms with E-state index in [1.165, 1.54) is 44.9 Å². The van der Waals surface area contributed by atoms with Crippen molar-refractivity contribution < 1.29 is 42.1 Å². The fourth-order valence-corrected chi connectivity index (χ4v) is 8.73. The van der Waals surface area contributed by atoms with Gasteiger partial charge in [0.1, 0.15) is 19.8 Å². The first-order valence-electron chi connectivity index (χ1n) is 32.5. The molecule has 472 valence electrons. The summed E-state index contributed by atoms with van der Waals surface area (Å²) in [5, 5.41) is 0. The summed E-state index contributed by atoms with van der Waals surface area (Å²) in [5.41, 5.74) is 0. The molecule has 0 aliphatic rings. The molecule has 0 spiro atoms. The number of ether oxygens (including phenoxy) is 2. The summed E-state index contributed by atoms with van der Waals surface area (Å²) < 4.78 is 34.2. The Balaban J connectivity index is 4.18. The highest BCUT2D eigenvalue weighted by atomic mass is 31.2. The molecule has 0 radical (unpaired) electrons. The van der Waals surface area contributed by atoms with Gasteiger partial charge in [-0.3, -0.25) is 14.2 Å². The van der Waals surface area contributed by atoms with Gasteiger partial charge in [0.15, 0.2) is 6.10 Å². The maximum atomic E-state index is 12.8. The first kappa shape index (κ1) is 79.1. The van der Waals surface area contributed by atoms with Crippen molar-refractivity contribution in [2.75, 3.05) is 47.5 Å². The lowest BCUT2D eigenvalue weighted by atomic mass is 10.0. The van der Waals surface area contributed by atoms with E-state index in [2.05, 4.69) is 196 Å². The van der Waals surface area contributed by atoms with Crippen LogP contribution in [-0.4, -0.2) is 70.0 Å². The molecule has 0 saturated heterocycles. The van der Waals surface area contributed by atoms with Gasteiger partial charge in [0.05, 0.1) is 27.7 Å². The van der Waals surface area contributed by atoms with E-state index >= 15 is 0 Å². The Kier molecular flexibility index (Phi) is 59.0. The summed E-state index contributed by atoms with van der Waals surface area (Å²) in [6.07, 6.45) is 96.7. The average molecular weight is 1180 g/mol. The van der Waals surface area contributed by atoms with Crippen LogP contribution >= 0.6 is 7.82 Å². The predicted octanol–water partition coefficient (Wildman–Crippen LogP) is 20.5. The van der Waals surface area contributed by atoms with E-state index in [-0.39, 0.29) is 26.1 Å². The van der Waals surface area contributed by atoms with E-state index in [0.717, 1.165) is 135 Å². The molecule has 0 aromatic heterocycles. The van der Waals surface area contributed by atoms with Crippen molar-refractivity contribution in [3.63, 3.8) is 0 Å². The van der Waals surface area contributed by atoms with Crippen LogP contribution < -0.4 is 4.89 Å². The van der Waals surface area contributed by atoms with Gasteiger partial charge in [0, 0.05) is 12.8 Å². The second kappa shape index (κ2) is 62.6. The fourth-order valence-electron chi connectivity index (χ4n) is 8.00. The van der Waals surface area contributed by atoms with Gasteiger partial charge in [-0.05, 0) is 135 Å². The number of carbonyl (C=O) groups is 2. The van der Waals surface area contributed by atoms with Crippen molar-refractivity contribution in [2.24, 2.45) is 0 Å². The summed E-state index contributed by atoms with van der Waals surface area (Å²) in [4.78, 5) is 37.9. The Morgan fingerprint density at radius 3 is 0.976 bits per heavy atom. The highest BCUT2D eigenvalue weighted by Gasteiger charge is 2.22. The molecule has 10 heteroatoms. The summed E-state index contributed by atoms with van der Waals surface area (Å²) in [6, 6.07) is 0. The number of hydrogen-bond donors (Lipinski definition) is 0. The molecular weight excluding hydrogens is 1060 g/mol. The standard InChI is InChI=1S/C74H118NO8P/c1-6-8-10-12-14-16-18-20-22-24-26-28-29-30-31-32-33-34-35-36-37-38-39-40-41-42-43-44-45-47-49-51-53-55-57-59-61-63-65-67-74(77)83-72(71-82-84(78,79)81-69-68-75(3,4)5)70-80-73(76)66-64-62-60-58-56-54-52-50-48-46-27-25-23-21-19-17-15-13-11-9-7-2/h8-11,14-17,20-23,26-28,30-31,33-34,36-37,39-40,42-43,46,50,52,56,58,72H,6-7,12-13,18-19,24-25,29,32,35,38,41,44-45,47-49,51,53-55,57,59-71H2,1-5H3/b10-8-,11-9-,16-14-,17-15-,22-20-,23-21-,28-26-,31-30-,34-33-,37-36-,40-39-,43-42-,46-27-,52-50-,58-56-. The SMILES string of the molecule is CC/C=C\C/C=C\C/C=C\C/C=C\C/C=C\C/C=C\C/C=C\C/C=C\C/C=C\CCCCCCCCCCCCCC(=O)OC(COC(=O)CCCC/C=C\C/C=C\C/C=C\C/C=C\C/C=C\C/C=C\CC)COP(=O)([O-])OCC[N+](C)(C)C. The predicted molar refractivity (Wildman–Crippen MR) is 359 cm³/mol. The van der Waals surface area contributed by atoms with Crippen molar-refractivity contribution in [2.45, 2.75) is 225 Å². The van der Waals surface area contributed by atoms with Gasteiger partial charge in [0.25, 0.3) is 7.82 Å². The van der Waals surface area contributed by atoms with Crippen molar-refractivity contribution in [3.8, 4) is 0 Å². The van der Waals surface area contributed by atoms with Crippen molar-refractivity contribution in [1.82, 2.24) is 0 Å². The molecule has 0 aromatic carbocycles. The Bertz CT molecular complexity index is 2070. The first-order valence-corrected chi connectivity index (χ1v) is 34.0. The van der Waals surface area contributed by atoms with Crippen LogP contribution in [0.25, 0.3) is 0 Å². The number of esters is 2. The summed E-state index contributed by atoms with van der Waals surface area (Å²) in [6.45, 7) is 3.93. The van der Waals surface area contributed by atoms with Gasteiger partial charge in [-0.1, -0.05) is 254 Å². The Labute approximate surface area is 514 Å². The maximum Gasteiger partial charge on any atom is 0.306 e. The van der Waals surface area contributed by atoms with E-state index in [1.807, 2.05) is 21.1 Å². The number of nitrogens with zero attached hydrogens (tertiary/aromatic N) is 1. The Hall–Kier alpha value is -4.89. The van der Waals surface area contributed by atoms with Crippen LogP contribution in [0, 0.1) is 0 Å². The zero-order chi connectivity index (χ0) is 61.2. The molecule has 0 rings (SSSR count). The minimum atomic E-state index is -4.66. The molecule has 0 aromatic rings. The number of likely N-dealkylation sites (N-methyl/N-ethyl adjacent to an activating group) is 1. The third kappa shape index (κ3) is 66.3. The van der Waals surface area contributed by atoms with E-state index in [0.29, 0.717) is 23.9 Å². The molecule has 0 heterocycles. The third-order valence-electron chi connectivity index (χ3n) is 12.9. The largest absolute Gasteiger partial charge is 0.756 e. The molecule has 2 atom stereocenters. The highest BCUT2D eigenvalue weighted by Crippen LogP contribution is 2.38. The minimum absolute atomic E-state index is 0.0485. The topological polar surface area (TPSA) is 111 Å². The number of rotatable bonds is 57. The summed E-state index contributed by atoms with van der Waals surface area (Å²) in [7, 11) is 1.11. The lowest BCUT2D eigenvalue weighted by Crippen LogP contribution is -2.37. The van der Waals surface area contributed by atoms with Crippen molar-refractivity contribution in [1.29, 1.82) is 0 Å². The number of unbranched alkanes of at least 4 members (excludes halogenated alkanes) is 13. The number of carbonyl (C=O) groups excluding carboxylic acids is 2. The number of phosphoric acid groups is 1. The van der Waals surface area contributed by atoms with E-state index in [1.54, 1.807) is 0 Å². The number of hydrogen-bond acceptors (Lipinski definition) is 8. The van der Waals surface area contributed by atoms with Crippen LogP contribution in [0.5, 0.6) is 0 Å². The van der Waals surface area contributed by atoms with Crippen LogP contribution in [0.2, 0.25) is 0 Å². The lowest BCUT2D eigenvalue weighted by Gasteiger charge is -2.28. The van der Waals surface area contributed by atoms with Gasteiger partial charge >= 0.3 is 11.9 Å². The zero-order valence-corrected chi connectivity index (χ0v) is 54.4. The fraction of sp³-hybridized carbons (Fsp3) is 0.568. The zero-order valence-electron chi connectivity index (χ0n) is 53.5. The second-order valence-electron chi connectivity index (χ2n) is 22.0. The van der Waals surface area contributed by atoms with Crippen molar-refractivity contribution >= 4 is 19.8 Å². The smallest absolute Gasteiger partial charge is 0.306 e. The Morgan fingerprint density at radius 2 is 0.643 bits per heavy atom. The Morgan fingerprint density at radius 1 is 0.369 bits per heavy atom. The molecule has 9 nitrogen and oxygen atoms in total. The summed E-state index contributed by atoms with van der Waals surface area (Å²) in [5.74, 6) is -0.901. The van der Waals surface area contributed by atoms with E-state index < -0.39 is 32.5 Å². The lowest BCUT2D eigenvalue weighted by molar-refractivity contribution is -0.870. The van der Waals surface area contributed by atoms with Crippen LogP contribution in [0.3, 0.4) is 0 Å². The molecular formula is C74H118NO8P. The normalized spacial score (nSPS) is 14.4. The van der Waals surface area contributed by atoms with Gasteiger partial charge in [-0.2, -0.15) is 0 Å². The van der Waals surface area contributed by atoms with Crippen LogP contribution in [0.15, 0.2) is 182 Å². The molecule has 84 heavy (non-hydrogen) atoms. The van der Waals surface area contributed by atoms with Crippen LogP contribution in [0.4, 0.5) is 0 Å². The van der Waals surface area contributed by atoms with Crippen LogP contribution in [-0.2, 0) is 32.7 Å². The molecule has 0 N–H and O–H groups in total. The van der Waals surface area contributed by atoms with Gasteiger partial charge in [-0.15, -0.1) is 0 Å². The highest BCUT2D eigenvalue weighted by molar-refractivity contribution is 7.45. The molecule has 0 aliphatic carbocycles. The molecule has 0 bridgehead atoms. The number of quaternary nitrogens is 1. The molecule has 0 saturated carbocycles. The van der Waals surface area contributed by atoms with Gasteiger partial charge in [-0.25, -0.2) is 0 Å². The summed E-state index contributed by atoms with van der Waals surface area (Å²) >= 11 is 0. The van der Waals surface area contributed by atoms with Crippen molar-refractivity contribution in [3.05, 3.63) is 182 Å². The molecule has 0 amide bonds. The second-order valence-corrected chi connectivity index (χ2v) is 23.4. The number of allylic oxidation sites excluding steroid dienone is 30. The molecule has 2 unspecified atom stereocenters.